The summed E-state index contributed by atoms with van der Waals surface area (Å²) in [6.45, 7) is 5.04. The van der Waals surface area contributed by atoms with E-state index in [4.69, 9.17) is 5.84 Å². The average Bonchev–Trinajstić information content (AvgIpc) is 2.18. The van der Waals surface area contributed by atoms with Gasteiger partial charge in [-0.15, -0.1) is 11.8 Å². The Morgan fingerprint density at radius 2 is 1.93 bits per heavy atom. The summed E-state index contributed by atoms with van der Waals surface area (Å²) in [4.78, 5) is 3.37. The fraction of sp³-hybridized carbons (Fsp3) is 0.455. The Balaban J connectivity index is 2.63. The second-order valence-corrected chi connectivity index (χ2v) is 5.37. The molecule has 0 heterocycles. The van der Waals surface area contributed by atoms with Crippen molar-refractivity contribution < 1.29 is 0 Å². The molecule has 0 aliphatic heterocycles. The number of nitrogens with one attached hydrogen (secondary N) is 1. The molecule has 1 rings (SSSR count). The van der Waals surface area contributed by atoms with Crippen molar-refractivity contribution in [2.45, 2.75) is 24.0 Å². The summed E-state index contributed by atoms with van der Waals surface area (Å²) in [7, 11) is 2.00. The number of thioether (sulfide) groups is 1. The number of rotatable bonds is 5. The number of hydrogen-bond donors (Lipinski definition) is 2. The Hall–Kier alpha value is -0.710. The van der Waals surface area contributed by atoms with E-state index in [0.29, 0.717) is 11.9 Å². The van der Waals surface area contributed by atoms with Gasteiger partial charge in [0, 0.05) is 22.9 Å². The minimum absolute atomic E-state index is 0.624. The van der Waals surface area contributed by atoms with Crippen LogP contribution >= 0.6 is 11.8 Å². The number of benzene rings is 1. The lowest BCUT2D eigenvalue weighted by Crippen LogP contribution is -2.35. The molecule has 3 N–H and O–H groups in total. The fourth-order valence-electron chi connectivity index (χ4n) is 1.28. The number of hydrazine groups is 1. The lowest BCUT2D eigenvalue weighted by atomic mass is 10.3. The van der Waals surface area contributed by atoms with Crippen LogP contribution in [-0.4, -0.2) is 19.0 Å². The molecule has 84 valence electrons. The third kappa shape index (κ3) is 4.11. The molecule has 0 radical (unpaired) electrons. The maximum atomic E-state index is 5.27. The highest BCUT2D eigenvalue weighted by atomic mass is 32.2. The van der Waals surface area contributed by atoms with Gasteiger partial charge >= 0.3 is 0 Å². The SMILES string of the molecule is CC(C)Sc1ccc(N(C)CNN)cc1. The maximum absolute atomic E-state index is 5.27. The minimum atomic E-state index is 0.624. The lowest BCUT2D eigenvalue weighted by molar-refractivity contribution is 0.718. The molecule has 15 heavy (non-hydrogen) atoms. The quantitative estimate of drug-likeness (QED) is 0.348. The summed E-state index contributed by atoms with van der Waals surface area (Å²) in [5.74, 6) is 5.27. The molecule has 0 amide bonds. The second-order valence-electron chi connectivity index (χ2n) is 3.72. The van der Waals surface area contributed by atoms with Gasteiger partial charge in [-0.3, -0.25) is 5.84 Å². The molecule has 3 nitrogen and oxygen atoms in total. The zero-order valence-corrected chi connectivity index (χ0v) is 10.3. The van der Waals surface area contributed by atoms with E-state index in [0.717, 1.165) is 0 Å². The Labute approximate surface area is 96.0 Å². The van der Waals surface area contributed by atoms with E-state index >= 15 is 0 Å². The van der Waals surface area contributed by atoms with Crippen LogP contribution in [0.25, 0.3) is 0 Å². The predicted octanol–water partition coefficient (Wildman–Crippen LogP) is 2.04. The summed E-state index contributed by atoms with van der Waals surface area (Å²) in [6.07, 6.45) is 0. The molecule has 0 aromatic heterocycles. The molecular formula is C11H19N3S. The summed E-state index contributed by atoms with van der Waals surface area (Å²) < 4.78 is 0. The Morgan fingerprint density at radius 3 is 2.40 bits per heavy atom. The van der Waals surface area contributed by atoms with Gasteiger partial charge in [-0.05, 0) is 24.3 Å². The Morgan fingerprint density at radius 1 is 1.33 bits per heavy atom. The Bertz CT molecular complexity index is 284. The molecule has 0 unspecified atom stereocenters. The van der Waals surface area contributed by atoms with Gasteiger partial charge in [0.1, 0.15) is 0 Å². The zero-order valence-electron chi connectivity index (χ0n) is 9.53. The van der Waals surface area contributed by atoms with E-state index in [1.807, 2.05) is 18.8 Å². The third-order valence-corrected chi connectivity index (χ3v) is 2.99. The molecule has 0 fully saturated rings. The molecule has 0 aliphatic rings. The second kappa shape index (κ2) is 6.00. The van der Waals surface area contributed by atoms with Gasteiger partial charge in [0.05, 0.1) is 6.67 Å². The molecule has 0 spiro atoms. The van der Waals surface area contributed by atoms with Gasteiger partial charge in [0.15, 0.2) is 0 Å². The standard InChI is InChI=1S/C11H19N3S/c1-9(2)15-11-6-4-10(5-7-11)14(3)8-13-12/h4-7,9,13H,8,12H2,1-3H3. The maximum Gasteiger partial charge on any atom is 0.0805 e. The van der Waals surface area contributed by atoms with E-state index in [-0.39, 0.29) is 0 Å². The van der Waals surface area contributed by atoms with E-state index in [9.17, 15) is 0 Å². The smallest absolute Gasteiger partial charge is 0.0805 e. The highest BCUT2D eigenvalue weighted by molar-refractivity contribution is 7.99. The predicted molar refractivity (Wildman–Crippen MR) is 68.0 cm³/mol. The first-order valence-corrected chi connectivity index (χ1v) is 5.92. The van der Waals surface area contributed by atoms with Crippen LogP contribution in [0.2, 0.25) is 0 Å². The third-order valence-electron chi connectivity index (χ3n) is 1.98. The molecule has 1 aromatic carbocycles. The first-order chi connectivity index (χ1) is 7.13. The number of anilines is 1. The largest absolute Gasteiger partial charge is 0.361 e. The van der Waals surface area contributed by atoms with E-state index in [1.165, 1.54) is 10.6 Å². The fourth-order valence-corrected chi connectivity index (χ4v) is 2.12. The van der Waals surface area contributed by atoms with E-state index in [2.05, 4.69) is 48.4 Å². The van der Waals surface area contributed by atoms with Gasteiger partial charge in [-0.2, -0.15) is 0 Å². The van der Waals surface area contributed by atoms with Crippen molar-refractivity contribution >= 4 is 17.4 Å². The lowest BCUT2D eigenvalue weighted by Gasteiger charge is -2.18. The van der Waals surface area contributed by atoms with Crippen LogP contribution in [0.1, 0.15) is 13.8 Å². The van der Waals surface area contributed by atoms with Crippen molar-refractivity contribution in [3.63, 3.8) is 0 Å². The number of hydrogen-bond acceptors (Lipinski definition) is 4. The molecule has 1 aromatic rings. The van der Waals surface area contributed by atoms with Crippen LogP contribution in [-0.2, 0) is 0 Å². The molecule has 0 atom stereocenters. The summed E-state index contributed by atoms with van der Waals surface area (Å²) >= 11 is 1.87. The molecule has 4 heteroatoms. The molecule has 0 saturated heterocycles. The van der Waals surface area contributed by atoms with Gasteiger partial charge < -0.3 is 4.90 Å². The van der Waals surface area contributed by atoms with E-state index < -0.39 is 0 Å². The normalized spacial score (nSPS) is 10.7. The van der Waals surface area contributed by atoms with Crippen LogP contribution in [0.5, 0.6) is 0 Å². The highest BCUT2D eigenvalue weighted by Gasteiger charge is 2.01. The number of nitrogens with zero attached hydrogens (tertiary/aromatic N) is 1. The van der Waals surface area contributed by atoms with Gasteiger partial charge in [0.2, 0.25) is 0 Å². The minimum Gasteiger partial charge on any atom is -0.361 e. The molecule has 0 aliphatic carbocycles. The average molecular weight is 225 g/mol. The van der Waals surface area contributed by atoms with Crippen molar-refractivity contribution in [3.8, 4) is 0 Å². The van der Waals surface area contributed by atoms with Crippen LogP contribution in [0.15, 0.2) is 29.2 Å². The first kappa shape index (κ1) is 12.4. The van der Waals surface area contributed by atoms with Crippen molar-refractivity contribution in [1.29, 1.82) is 0 Å². The number of nitrogens with two attached hydrogens (primary N) is 1. The Kier molecular flexibility index (Phi) is 4.94. The first-order valence-electron chi connectivity index (χ1n) is 5.05. The molecular weight excluding hydrogens is 206 g/mol. The van der Waals surface area contributed by atoms with Gasteiger partial charge in [0.25, 0.3) is 0 Å². The van der Waals surface area contributed by atoms with Crippen molar-refractivity contribution in [3.05, 3.63) is 24.3 Å². The van der Waals surface area contributed by atoms with Crippen LogP contribution in [0.3, 0.4) is 0 Å². The van der Waals surface area contributed by atoms with Crippen molar-refractivity contribution in [1.82, 2.24) is 5.43 Å². The summed E-state index contributed by atoms with van der Waals surface area (Å²) in [6, 6.07) is 8.52. The topological polar surface area (TPSA) is 41.3 Å². The zero-order chi connectivity index (χ0) is 11.3. The van der Waals surface area contributed by atoms with Crippen LogP contribution in [0, 0.1) is 0 Å². The van der Waals surface area contributed by atoms with Crippen molar-refractivity contribution in [2.75, 3.05) is 18.6 Å². The monoisotopic (exact) mass is 225 g/mol. The molecule has 0 bridgehead atoms. The van der Waals surface area contributed by atoms with Crippen LogP contribution in [0.4, 0.5) is 5.69 Å². The van der Waals surface area contributed by atoms with Gasteiger partial charge in [-0.25, -0.2) is 5.43 Å². The van der Waals surface area contributed by atoms with Crippen LogP contribution < -0.4 is 16.2 Å². The van der Waals surface area contributed by atoms with Crippen molar-refractivity contribution in [2.24, 2.45) is 5.84 Å². The molecule has 0 saturated carbocycles. The summed E-state index contributed by atoms with van der Waals surface area (Å²) in [5, 5.41) is 0.624. The summed E-state index contributed by atoms with van der Waals surface area (Å²) in [5.41, 5.74) is 3.80. The van der Waals surface area contributed by atoms with E-state index in [1.54, 1.807) is 0 Å². The van der Waals surface area contributed by atoms with Gasteiger partial charge in [-0.1, -0.05) is 13.8 Å². The highest BCUT2D eigenvalue weighted by Crippen LogP contribution is 2.24.